The molecular formula is C23H19NO4. The molecule has 3 aromatic rings. The maximum absolute atomic E-state index is 13.2. The largest absolute Gasteiger partial charge is 0.507 e. The fourth-order valence-corrected chi connectivity index (χ4v) is 3.64. The second kappa shape index (κ2) is 6.94. The van der Waals surface area contributed by atoms with Gasteiger partial charge in [-0.15, -0.1) is 0 Å². The molecule has 5 nitrogen and oxygen atoms in total. The van der Waals surface area contributed by atoms with E-state index >= 15 is 0 Å². The lowest BCUT2D eigenvalue weighted by molar-refractivity contribution is -0.136. The highest BCUT2D eigenvalue weighted by Crippen LogP contribution is 2.43. The van der Waals surface area contributed by atoms with Gasteiger partial charge < -0.3 is 15.1 Å². The first-order chi connectivity index (χ1) is 13.5. The summed E-state index contributed by atoms with van der Waals surface area (Å²) in [4.78, 5) is 27.5. The highest BCUT2D eigenvalue weighted by Gasteiger charge is 2.50. The van der Waals surface area contributed by atoms with Crippen LogP contribution in [0.1, 0.15) is 27.9 Å². The summed E-state index contributed by atoms with van der Waals surface area (Å²) in [6.07, 6.45) is -0.439. The molecule has 1 heterocycles. The van der Waals surface area contributed by atoms with Crippen molar-refractivity contribution in [1.29, 1.82) is 0 Å². The number of phenols is 1. The molecule has 0 aliphatic carbocycles. The molecule has 1 aliphatic rings. The Morgan fingerprint density at radius 1 is 0.893 bits per heavy atom. The maximum atomic E-state index is 13.2. The van der Waals surface area contributed by atoms with E-state index in [2.05, 4.69) is 0 Å². The van der Waals surface area contributed by atoms with Crippen LogP contribution in [0.5, 0.6) is 5.75 Å². The second-order valence-corrected chi connectivity index (χ2v) is 6.87. The van der Waals surface area contributed by atoms with Crippen molar-refractivity contribution in [3.8, 4) is 5.75 Å². The van der Waals surface area contributed by atoms with Gasteiger partial charge in [0.1, 0.15) is 5.75 Å². The number of rotatable bonds is 5. The van der Waals surface area contributed by atoms with Gasteiger partial charge in [0.15, 0.2) is 11.4 Å². The third-order valence-electron chi connectivity index (χ3n) is 5.04. The molecule has 5 heteroatoms. The number of nitrogens with zero attached hydrogens (tertiary/aromatic N) is 1. The van der Waals surface area contributed by atoms with Crippen molar-refractivity contribution in [3.63, 3.8) is 0 Å². The van der Waals surface area contributed by atoms with E-state index in [4.69, 9.17) is 0 Å². The molecule has 1 atom stereocenters. The van der Waals surface area contributed by atoms with Crippen LogP contribution in [0, 0.1) is 0 Å². The van der Waals surface area contributed by atoms with Crippen LogP contribution >= 0.6 is 0 Å². The minimum atomic E-state index is -1.97. The topological polar surface area (TPSA) is 77.8 Å². The van der Waals surface area contributed by atoms with Crippen LogP contribution in [-0.4, -0.2) is 21.9 Å². The number of aromatic hydroxyl groups is 1. The highest BCUT2D eigenvalue weighted by molar-refractivity contribution is 6.11. The first-order valence-corrected chi connectivity index (χ1v) is 8.99. The van der Waals surface area contributed by atoms with Gasteiger partial charge in [0, 0.05) is 5.56 Å². The standard InChI is InChI=1S/C23H19NO4/c25-20-13-7-4-10-17(20)21(26)14-23(28)18-11-5-6-12-19(18)24(22(23)27)15-16-8-2-1-3-9-16/h1-13,25,28H,14-15H2. The van der Waals surface area contributed by atoms with Gasteiger partial charge in [-0.2, -0.15) is 0 Å². The summed E-state index contributed by atoms with van der Waals surface area (Å²) in [5.74, 6) is -1.21. The third kappa shape index (κ3) is 2.96. The van der Waals surface area contributed by atoms with Gasteiger partial charge in [-0.3, -0.25) is 9.59 Å². The first kappa shape index (κ1) is 17.9. The number of hydrogen-bond acceptors (Lipinski definition) is 4. The Kier molecular flexibility index (Phi) is 4.45. The SMILES string of the molecule is O=C(CC1(O)C(=O)N(Cc2ccccc2)c2ccccc21)c1ccccc1O. The normalized spacial score (nSPS) is 18.2. The summed E-state index contributed by atoms with van der Waals surface area (Å²) < 4.78 is 0. The molecule has 3 aromatic carbocycles. The quantitative estimate of drug-likeness (QED) is 0.672. The van der Waals surface area contributed by atoms with Crippen LogP contribution in [0.15, 0.2) is 78.9 Å². The number of aliphatic hydroxyl groups is 1. The molecule has 1 aliphatic heterocycles. The van der Waals surface area contributed by atoms with Crippen molar-refractivity contribution >= 4 is 17.4 Å². The molecule has 2 N–H and O–H groups in total. The van der Waals surface area contributed by atoms with Crippen molar-refractivity contribution in [2.24, 2.45) is 0 Å². The monoisotopic (exact) mass is 373 g/mol. The van der Waals surface area contributed by atoms with E-state index < -0.39 is 23.7 Å². The van der Waals surface area contributed by atoms with Crippen molar-refractivity contribution in [3.05, 3.63) is 95.6 Å². The first-order valence-electron chi connectivity index (χ1n) is 8.99. The zero-order valence-corrected chi connectivity index (χ0v) is 15.1. The van der Waals surface area contributed by atoms with E-state index in [9.17, 15) is 19.8 Å². The van der Waals surface area contributed by atoms with Crippen LogP contribution in [0.3, 0.4) is 0 Å². The van der Waals surface area contributed by atoms with Crippen molar-refractivity contribution < 1.29 is 19.8 Å². The predicted octanol–water partition coefficient (Wildman–Crippen LogP) is 3.40. The number of amides is 1. The van der Waals surface area contributed by atoms with Crippen LogP contribution in [0.4, 0.5) is 5.69 Å². The van der Waals surface area contributed by atoms with Crippen LogP contribution < -0.4 is 4.90 Å². The van der Waals surface area contributed by atoms with Crippen LogP contribution in [-0.2, 0) is 16.9 Å². The Morgan fingerprint density at radius 3 is 2.29 bits per heavy atom. The Bertz CT molecular complexity index is 1050. The number of hydrogen-bond donors (Lipinski definition) is 2. The van der Waals surface area contributed by atoms with Gasteiger partial charge in [0.25, 0.3) is 5.91 Å². The molecule has 140 valence electrons. The van der Waals surface area contributed by atoms with Gasteiger partial charge in [-0.1, -0.05) is 60.7 Å². The molecule has 1 unspecified atom stereocenters. The van der Waals surface area contributed by atoms with Gasteiger partial charge >= 0.3 is 0 Å². The summed E-state index contributed by atoms with van der Waals surface area (Å²) in [6.45, 7) is 0.295. The van der Waals surface area contributed by atoms with Crippen molar-refractivity contribution in [1.82, 2.24) is 0 Å². The van der Waals surface area contributed by atoms with Gasteiger partial charge in [0.05, 0.1) is 24.2 Å². The minimum absolute atomic E-state index is 0.0858. The fourth-order valence-electron chi connectivity index (χ4n) is 3.64. The predicted molar refractivity (Wildman–Crippen MR) is 105 cm³/mol. The minimum Gasteiger partial charge on any atom is -0.507 e. The molecule has 1 amide bonds. The molecular weight excluding hydrogens is 354 g/mol. The molecule has 0 fully saturated rings. The fraction of sp³-hybridized carbons (Fsp3) is 0.130. The second-order valence-electron chi connectivity index (χ2n) is 6.87. The molecule has 0 bridgehead atoms. The van der Waals surface area contributed by atoms with E-state index in [1.54, 1.807) is 36.4 Å². The highest BCUT2D eigenvalue weighted by atomic mass is 16.3. The Hall–Kier alpha value is -3.44. The van der Waals surface area contributed by atoms with E-state index in [1.165, 1.54) is 17.0 Å². The number of carbonyl (C=O) groups is 2. The third-order valence-corrected chi connectivity index (χ3v) is 5.04. The van der Waals surface area contributed by atoms with Crippen LogP contribution in [0.25, 0.3) is 0 Å². The number of phenolic OH excluding ortho intramolecular Hbond substituents is 1. The van der Waals surface area contributed by atoms with Gasteiger partial charge in [-0.05, 0) is 23.8 Å². The van der Waals surface area contributed by atoms with Gasteiger partial charge in [0.2, 0.25) is 0 Å². The zero-order valence-electron chi connectivity index (χ0n) is 15.1. The summed E-state index contributed by atoms with van der Waals surface area (Å²) in [6, 6.07) is 22.5. The summed E-state index contributed by atoms with van der Waals surface area (Å²) in [5, 5.41) is 21.2. The molecule has 28 heavy (non-hydrogen) atoms. The molecule has 0 saturated carbocycles. The van der Waals surface area contributed by atoms with Crippen molar-refractivity contribution in [2.45, 2.75) is 18.6 Å². The molecule has 0 saturated heterocycles. The number of ketones is 1. The average molecular weight is 373 g/mol. The number of benzene rings is 3. The Balaban J connectivity index is 1.70. The van der Waals surface area contributed by atoms with E-state index in [0.29, 0.717) is 17.8 Å². The summed E-state index contributed by atoms with van der Waals surface area (Å²) in [5.41, 5.74) is 0.0263. The molecule has 0 radical (unpaired) electrons. The Morgan fingerprint density at radius 2 is 1.54 bits per heavy atom. The molecule has 0 spiro atoms. The van der Waals surface area contributed by atoms with E-state index in [-0.39, 0.29) is 11.3 Å². The summed E-state index contributed by atoms with van der Waals surface area (Å²) in [7, 11) is 0. The number of Topliss-reactive ketones (excluding diaryl/α,β-unsaturated/α-hetero) is 1. The smallest absolute Gasteiger partial charge is 0.264 e. The Labute approximate surface area is 162 Å². The maximum Gasteiger partial charge on any atom is 0.264 e. The average Bonchev–Trinajstić information content (AvgIpc) is 2.91. The van der Waals surface area contributed by atoms with Gasteiger partial charge in [-0.25, -0.2) is 0 Å². The molecule has 4 rings (SSSR count). The molecule has 0 aromatic heterocycles. The zero-order chi connectivity index (χ0) is 19.7. The van der Waals surface area contributed by atoms with E-state index in [1.807, 2.05) is 30.3 Å². The number of fused-ring (bicyclic) bond motifs is 1. The summed E-state index contributed by atoms with van der Waals surface area (Å²) >= 11 is 0. The number of anilines is 1. The van der Waals surface area contributed by atoms with E-state index in [0.717, 1.165) is 5.56 Å². The van der Waals surface area contributed by atoms with Crippen LogP contribution in [0.2, 0.25) is 0 Å². The number of para-hydroxylation sites is 2. The lowest BCUT2D eigenvalue weighted by Crippen LogP contribution is -2.41. The lowest BCUT2D eigenvalue weighted by Gasteiger charge is -2.23. The number of carbonyl (C=O) groups excluding carboxylic acids is 2. The lowest BCUT2D eigenvalue weighted by atomic mass is 9.88. The van der Waals surface area contributed by atoms with Crippen molar-refractivity contribution in [2.75, 3.05) is 4.90 Å².